The molecule has 6 nitrogen and oxygen atoms in total. The molecule has 0 aromatic carbocycles. The maximum Gasteiger partial charge on any atom is 0.258 e. The average Bonchev–Trinajstić information content (AvgIpc) is 2.85. The van der Waals surface area contributed by atoms with Crippen LogP contribution in [0.2, 0.25) is 0 Å². The topological polar surface area (TPSA) is 67.9 Å². The summed E-state index contributed by atoms with van der Waals surface area (Å²) < 4.78 is 9.91. The Morgan fingerprint density at radius 3 is 3.06 bits per heavy atom. The normalized spacial score (nSPS) is 19.8. The number of hydrogen-bond acceptors (Lipinski definition) is 5. The summed E-state index contributed by atoms with van der Waals surface area (Å²) >= 11 is 0. The van der Waals surface area contributed by atoms with E-state index in [1.54, 1.807) is 13.2 Å². The second-order valence-electron chi connectivity index (χ2n) is 3.48. The van der Waals surface area contributed by atoms with Gasteiger partial charge in [0.05, 0.1) is 6.34 Å². The fourth-order valence-electron chi connectivity index (χ4n) is 1.51. The Morgan fingerprint density at radius 1 is 1.62 bits per heavy atom. The van der Waals surface area contributed by atoms with Gasteiger partial charge in [-0.15, -0.1) is 0 Å². The van der Waals surface area contributed by atoms with E-state index in [2.05, 4.69) is 10.1 Å². The predicted molar refractivity (Wildman–Crippen MR) is 57.3 cm³/mol. The van der Waals surface area contributed by atoms with Crippen LogP contribution in [0, 0.1) is 0 Å². The molecule has 16 heavy (non-hydrogen) atoms. The number of anilines is 1. The van der Waals surface area contributed by atoms with Crippen molar-refractivity contribution < 1.29 is 14.1 Å². The van der Waals surface area contributed by atoms with Crippen molar-refractivity contribution in [3.8, 4) is 0 Å². The molecule has 0 N–H and O–H groups in total. The van der Waals surface area contributed by atoms with Crippen molar-refractivity contribution in [2.45, 2.75) is 26.0 Å². The van der Waals surface area contributed by atoms with E-state index < -0.39 is 0 Å². The maximum absolute atomic E-state index is 11.8. The minimum Gasteiger partial charge on any atom is -0.377 e. The fraction of sp³-hybridized carbons (Fsp3) is 0.500. The fourth-order valence-corrected chi connectivity index (χ4v) is 1.51. The SMILES string of the molecule is CCC1N=CN(c2cc(COC)on2)C1=O. The number of rotatable bonds is 4. The second kappa shape index (κ2) is 4.44. The minimum atomic E-state index is -0.289. The van der Waals surface area contributed by atoms with Gasteiger partial charge < -0.3 is 9.26 Å². The Balaban J connectivity index is 2.13. The van der Waals surface area contributed by atoms with E-state index in [0.29, 0.717) is 24.6 Å². The first-order chi connectivity index (χ1) is 7.76. The molecule has 1 amide bonds. The number of amides is 1. The highest BCUT2D eigenvalue weighted by Gasteiger charge is 2.29. The van der Waals surface area contributed by atoms with Crippen molar-refractivity contribution in [3.05, 3.63) is 11.8 Å². The highest BCUT2D eigenvalue weighted by atomic mass is 16.5. The Kier molecular flexibility index (Phi) is 3.00. The van der Waals surface area contributed by atoms with Crippen LogP contribution >= 0.6 is 0 Å². The number of carbonyl (C=O) groups excluding carboxylic acids is 1. The predicted octanol–water partition coefficient (Wildman–Crippen LogP) is 0.975. The van der Waals surface area contributed by atoms with E-state index in [-0.39, 0.29) is 11.9 Å². The lowest BCUT2D eigenvalue weighted by Crippen LogP contribution is -2.30. The lowest BCUT2D eigenvalue weighted by atomic mass is 10.2. The van der Waals surface area contributed by atoms with Crippen LogP contribution in [-0.4, -0.2) is 30.6 Å². The number of aromatic nitrogens is 1. The third kappa shape index (κ3) is 1.83. The summed E-state index contributed by atoms with van der Waals surface area (Å²) in [6.45, 7) is 2.26. The first kappa shape index (κ1) is 10.8. The zero-order valence-electron chi connectivity index (χ0n) is 9.21. The van der Waals surface area contributed by atoms with Gasteiger partial charge in [-0.05, 0) is 6.42 Å². The lowest BCUT2D eigenvalue weighted by molar-refractivity contribution is -0.118. The molecule has 0 saturated carbocycles. The average molecular weight is 223 g/mol. The molecule has 0 aliphatic carbocycles. The molecule has 1 aromatic heterocycles. The third-order valence-electron chi connectivity index (χ3n) is 2.35. The van der Waals surface area contributed by atoms with Crippen LogP contribution in [0.5, 0.6) is 0 Å². The van der Waals surface area contributed by atoms with Gasteiger partial charge in [0.15, 0.2) is 11.6 Å². The van der Waals surface area contributed by atoms with Crippen LogP contribution in [0.3, 0.4) is 0 Å². The van der Waals surface area contributed by atoms with E-state index >= 15 is 0 Å². The smallest absolute Gasteiger partial charge is 0.258 e. The standard InChI is InChI=1S/C10H13N3O3/c1-3-8-10(14)13(6-11-8)9-4-7(5-15-2)16-12-9/h4,6,8H,3,5H2,1-2H3. The molecular weight excluding hydrogens is 210 g/mol. The first-order valence-electron chi connectivity index (χ1n) is 5.07. The molecule has 0 bridgehead atoms. The maximum atomic E-state index is 11.8. The number of carbonyl (C=O) groups is 1. The van der Waals surface area contributed by atoms with Gasteiger partial charge >= 0.3 is 0 Å². The summed E-state index contributed by atoms with van der Waals surface area (Å²) in [4.78, 5) is 17.3. The molecule has 2 rings (SSSR count). The van der Waals surface area contributed by atoms with Crippen LogP contribution in [0.15, 0.2) is 15.6 Å². The van der Waals surface area contributed by atoms with Crippen LogP contribution in [-0.2, 0) is 16.1 Å². The minimum absolute atomic E-state index is 0.0697. The summed E-state index contributed by atoms with van der Waals surface area (Å²) in [6, 6.07) is 1.38. The van der Waals surface area contributed by atoms with Crippen molar-refractivity contribution in [2.24, 2.45) is 4.99 Å². The van der Waals surface area contributed by atoms with E-state index in [1.165, 1.54) is 11.2 Å². The quantitative estimate of drug-likeness (QED) is 0.762. The van der Waals surface area contributed by atoms with Gasteiger partial charge in [-0.3, -0.25) is 14.7 Å². The van der Waals surface area contributed by atoms with E-state index in [4.69, 9.17) is 9.26 Å². The van der Waals surface area contributed by atoms with Crippen molar-refractivity contribution in [3.63, 3.8) is 0 Å². The van der Waals surface area contributed by atoms with Gasteiger partial charge in [0.1, 0.15) is 12.6 Å². The molecule has 1 aromatic rings. The summed E-state index contributed by atoms with van der Waals surface area (Å²) in [5.41, 5.74) is 0. The highest BCUT2D eigenvalue weighted by molar-refractivity contribution is 6.14. The van der Waals surface area contributed by atoms with E-state index in [9.17, 15) is 4.79 Å². The van der Waals surface area contributed by atoms with Gasteiger partial charge in [0.25, 0.3) is 5.91 Å². The van der Waals surface area contributed by atoms with Gasteiger partial charge in [-0.2, -0.15) is 0 Å². The van der Waals surface area contributed by atoms with Gasteiger partial charge in [0.2, 0.25) is 0 Å². The number of aliphatic imine (C=N–C) groups is 1. The molecule has 2 heterocycles. The number of ether oxygens (including phenoxy) is 1. The van der Waals surface area contributed by atoms with Crippen molar-refractivity contribution in [1.82, 2.24) is 5.16 Å². The van der Waals surface area contributed by atoms with Gasteiger partial charge in [-0.25, -0.2) is 0 Å². The van der Waals surface area contributed by atoms with Gasteiger partial charge in [-0.1, -0.05) is 12.1 Å². The van der Waals surface area contributed by atoms with E-state index in [1.807, 2.05) is 6.92 Å². The van der Waals surface area contributed by atoms with Crippen molar-refractivity contribution >= 4 is 18.1 Å². The zero-order chi connectivity index (χ0) is 11.5. The zero-order valence-corrected chi connectivity index (χ0v) is 9.21. The molecular formula is C10H13N3O3. The molecule has 0 fully saturated rings. The summed E-state index contributed by atoms with van der Waals surface area (Å²) in [5, 5.41) is 3.79. The first-order valence-corrected chi connectivity index (χ1v) is 5.07. The van der Waals surface area contributed by atoms with Crippen LogP contribution < -0.4 is 4.90 Å². The molecule has 86 valence electrons. The molecule has 1 aliphatic heterocycles. The molecule has 1 atom stereocenters. The second-order valence-corrected chi connectivity index (χ2v) is 3.48. The van der Waals surface area contributed by atoms with Crippen molar-refractivity contribution in [2.75, 3.05) is 12.0 Å². The number of nitrogens with zero attached hydrogens (tertiary/aromatic N) is 3. The Labute approximate surface area is 92.9 Å². The number of methoxy groups -OCH3 is 1. The molecule has 0 radical (unpaired) electrons. The lowest BCUT2D eigenvalue weighted by Gasteiger charge is -2.08. The van der Waals surface area contributed by atoms with Crippen LogP contribution in [0.1, 0.15) is 19.1 Å². The Bertz CT molecular complexity index is 413. The number of hydrogen-bond donors (Lipinski definition) is 0. The Morgan fingerprint density at radius 2 is 2.44 bits per heavy atom. The van der Waals surface area contributed by atoms with E-state index in [0.717, 1.165) is 0 Å². The largest absolute Gasteiger partial charge is 0.377 e. The van der Waals surface area contributed by atoms with Crippen LogP contribution in [0.25, 0.3) is 0 Å². The summed E-state index contributed by atoms with van der Waals surface area (Å²) in [7, 11) is 1.57. The third-order valence-corrected chi connectivity index (χ3v) is 2.35. The summed E-state index contributed by atoms with van der Waals surface area (Å²) in [6.07, 6.45) is 2.18. The molecule has 6 heteroatoms. The molecule has 1 unspecified atom stereocenters. The van der Waals surface area contributed by atoms with Crippen molar-refractivity contribution in [1.29, 1.82) is 0 Å². The molecule has 0 saturated heterocycles. The molecule has 1 aliphatic rings. The van der Waals surface area contributed by atoms with Gasteiger partial charge in [0, 0.05) is 13.2 Å². The monoisotopic (exact) mass is 223 g/mol. The van der Waals surface area contributed by atoms with Crippen LogP contribution in [0.4, 0.5) is 5.82 Å². The Hall–Kier alpha value is -1.69. The summed E-state index contributed by atoms with van der Waals surface area (Å²) in [5.74, 6) is 0.968. The molecule has 0 spiro atoms. The highest BCUT2D eigenvalue weighted by Crippen LogP contribution is 2.19.